The van der Waals surface area contributed by atoms with Gasteiger partial charge in [-0.3, -0.25) is 4.79 Å². The summed E-state index contributed by atoms with van der Waals surface area (Å²) in [5.41, 5.74) is 3.03. The molecule has 8 heteroatoms. The largest absolute Gasteiger partial charge is 0.369 e. The molecule has 2 aliphatic heterocycles. The Morgan fingerprint density at radius 2 is 1.50 bits per heavy atom. The zero-order valence-corrected chi connectivity index (χ0v) is 19.4. The molecule has 0 aromatic heterocycles. The molecule has 3 amide bonds. The molecule has 0 saturated carbocycles. The molecule has 0 radical (unpaired) electrons. The molecule has 1 atom stereocenters. The molecule has 32 heavy (non-hydrogen) atoms. The molecular formula is C24H30ClN5O2. The van der Waals surface area contributed by atoms with Crippen molar-refractivity contribution >= 4 is 40.6 Å². The maximum atomic E-state index is 12.7. The predicted molar refractivity (Wildman–Crippen MR) is 130 cm³/mol. The van der Waals surface area contributed by atoms with Crippen molar-refractivity contribution in [1.29, 1.82) is 0 Å². The number of carbonyl (C=O) groups is 2. The van der Waals surface area contributed by atoms with Gasteiger partial charge in [0.2, 0.25) is 5.91 Å². The third-order valence-electron chi connectivity index (χ3n) is 6.45. The summed E-state index contributed by atoms with van der Waals surface area (Å²) in [5, 5.41) is 3.74. The van der Waals surface area contributed by atoms with Crippen molar-refractivity contribution in [2.75, 3.05) is 61.4 Å². The second-order valence-electron chi connectivity index (χ2n) is 8.45. The molecule has 0 spiro atoms. The van der Waals surface area contributed by atoms with E-state index in [1.165, 1.54) is 0 Å². The van der Waals surface area contributed by atoms with Gasteiger partial charge in [0, 0.05) is 75.3 Å². The van der Waals surface area contributed by atoms with Crippen LogP contribution in [-0.4, -0.2) is 74.1 Å². The number of piperazine rings is 1. The number of anilines is 3. The van der Waals surface area contributed by atoms with Gasteiger partial charge < -0.3 is 24.9 Å². The summed E-state index contributed by atoms with van der Waals surface area (Å²) in [6.07, 6.45) is 0.969. The number of carbonyl (C=O) groups excluding carboxylic acids is 2. The first-order valence-corrected chi connectivity index (χ1v) is 11.4. The Morgan fingerprint density at radius 3 is 2.12 bits per heavy atom. The van der Waals surface area contributed by atoms with Crippen molar-refractivity contribution in [2.24, 2.45) is 0 Å². The van der Waals surface area contributed by atoms with Crippen LogP contribution in [0.1, 0.15) is 13.3 Å². The summed E-state index contributed by atoms with van der Waals surface area (Å²) in [6, 6.07) is 15.9. The number of rotatable bonds is 4. The minimum Gasteiger partial charge on any atom is -0.369 e. The second kappa shape index (κ2) is 9.69. The predicted octanol–water partition coefficient (Wildman–Crippen LogP) is 3.75. The van der Waals surface area contributed by atoms with Gasteiger partial charge in [0.15, 0.2) is 0 Å². The van der Waals surface area contributed by atoms with E-state index in [4.69, 9.17) is 11.6 Å². The Labute approximate surface area is 194 Å². The van der Waals surface area contributed by atoms with Crippen LogP contribution in [0.2, 0.25) is 5.02 Å². The summed E-state index contributed by atoms with van der Waals surface area (Å²) >= 11 is 5.97. The summed E-state index contributed by atoms with van der Waals surface area (Å²) in [4.78, 5) is 32.5. The maximum Gasteiger partial charge on any atom is 0.321 e. The highest BCUT2D eigenvalue weighted by atomic mass is 35.5. The molecule has 2 aliphatic rings. The quantitative estimate of drug-likeness (QED) is 0.762. The highest BCUT2D eigenvalue weighted by Gasteiger charge is 2.27. The molecule has 4 rings (SSSR count). The second-order valence-corrected chi connectivity index (χ2v) is 8.88. The lowest BCUT2D eigenvalue weighted by Crippen LogP contribution is -2.50. The van der Waals surface area contributed by atoms with Gasteiger partial charge in [-0.1, -0.05) is 11.6 Å². The van der Waals surface area contributed by atoms with E-state index in [-0.39, 0.29) is 18.0 Å². The van der Waals surface area contributed by atoms with Crippen LogP contribution in [0.4, 0.5) is 21.9 Å². The topological polar surface area (TPSA) is 59.1 Å². The third-order valence-corrected chi connectivity index (χ3v) is 6.70. The van der Waals surface area contributed by atoms with Crippen LogP contribution in [0.25, 0.3) is 0 Å². The Hall–Kier alpha value is -2.93. The Morgan fingerprint density at radius 1 is 0.906 bits per heavy atom. The van der Waals surface area contributed by atoms with Crippen LogP contribution in [-0.2, 0) is 4.79 Å². The lowest BCUT2D eigenvalue weighted by atomic mass is 10.2. The molecular weight excluding hydrogens is 426 g/mol. The van der Waals surface area contributed by atoms with Gasteiger partial charge in [-0.05, 0) is 55.0 Å². The lowest BCUT2D eigenvalue weighted by Gasteiger charge is -2.36. The van der Waals surface area contributed by atoms with Gasteiger partial charge >= 0.3 is 6.03 Å². The van der Waals surface area contributed by atoms with Gasteiger partial charge in [0.05, 0.1) is 6.04 Å². The molecule has 1 unspecified atom stereocenters. The molecule has 170 valence electrons. The van der Waals surface area contributed by atoms with E-state index in [0.29, 0.717) is 13.1 Å². The molecule has 0 aliphatic carbocycles. The summed E-state index contributed by atoms with van der Waals surface area (Å²) in [5.74, 6) is 0.101. The number of hydrogen-bond donors (Lipinski definition) is 1. The highest BCUT2D eigenvalue weighted by Crippen LogP contribution is 2.25. The van der Waals surface area contributed by atoms with Gasteiger partial charge in [0.25, 0.3) is 0 Å². The van der Waals surface area contributed by atoms with Crippen molar-refractivity contribution in [1.82, 2.24) is 9.80 Å². The zero-order chi connectivity index (χ0) is 22.7. The van der Waals surface area contributed by atoms with Crippen molar-refractivity contribution in [3.8, 4) is 0 Å². The molecule has 1 N–H and O–H groups in total. The van der Waals surface area contributed by atoms with Crippen molar-refractivity contribution < 1.29 is 9.59 Å². The summed E-state index contributed by atoms with van der Waals surface area (Å²) < 4.78 is 0. The van der Waals surface area contributed by atoms with E-state index >= 15 is 0 Å². The summed E-state index contributed by atoms with van der Waals surface area (Å²) in [6.45, 7) is 6.29. The first-order valence-electron chi connectivity index (χ1n) is 11.1. The minimum absolute atomic E-state index is 0.0715. The number of nitrogens with zero attached hydrogens (tertiary/aromatic N) is 4. The Bertz CT molecular complexity index is 942. The fraction of sp³-hybridized carbons (Fsp3) is 0.417. The monoisotopic (exact) mass is 455 g/mol. The average molecular weight is 456 g/mol. The van der Waals surface area contributed by atoms with E-state index < -0.39 is 0 Å². The van der Waals surface area contributed by atoms with E-state index in [1.54, 1.807) is 6.92 Å². The van der Waals surface area contributed by atoms with Crippen LogP contribution in [0.15, 0.2) is 48.5 Å². The number of amides is 3. The Balaban J connectivity index is 1.27. The number of hydrogen-bond acceptors (Lipinski definition) is 4. The molecule has 2 saturated heterocycles. The number of benzene rings is 2. The highest BCUT2D eigenvalue weighted by molar-refractivity contribution is 6.30. The van der Waals surface area contributed by atoms with Crippen LogP contribution >= 0.6 is 11.6 Å². The van der Waals surface area contributed by atoms with Gasteiger partial charge in [-0.15, -0.1) is 0 Å². The Kier molecular flexibility index (Phi) is 6.74. The van der Waals surface area contributed by atoms with E-state index in [2.05, 4.69) is 15.1 Å². The third kappa shape index (κ3) is 5.10. The van der Waals surface area contributed by atoms with Crippen molar-refractivity contribution in [3.05, 3.63) is 53.6 Å². The van der Waals surface area contributed by atoms with Crippen LogP contribution in [0.5, 0.6) is 0 Å². The molecule has 7 nitrogen and oxygen atoms in total. The summed E-state index contributed by atoms with van der Waals surface area (Å²) in [7, 11) is 1.87. The number of urea groups is 1. The van der Waals surface area contributed by atoms with Gasteiger partial charge in [-0.2, -0.15) is 0 Å². The smallest absolute Gasteiger partial charge is 0.321 e. The molecule has 2 fully saturated rings. The fourth-order valence-corrected chi connectivity index (χ4v) is 4.45. The van der Waals surface area contributed by atoms with Crippen molar-refractivity contribution in [3.63, 3.8) is 0 Å². The van der Waals surface area contributed by atoms with Gasteiger partial charge in [0.1, 0.15) is 0 Å². The fourth-order valence-electron chi connectivity index (χ4n) is 4.33. The van der Waals surface area contributed by atoms with Gasteiger partial charge in [-0.25, -0.2) is 4.79 Å². The first-order chi connectivity index (χ1) is 15.4. The zero-order valence-electron chi connectivity index (χ0n) is 18.6. The SMILES string of the molecule is CC(=O)N(C)C1CCN(c2ccc(NC(=O)N3CCN(c4ccc(Cl)cc4)CC3)cc2)C1. The molecule has 0 bridgehead atoms. The molecule has 2 aromatic rings. The van der Waals surface area contributed by atoms with Crippen LogP contribution in [0.3, 0.4) is 0 Å². The van der Waals surface area contributed by atoms with E-state index in [1.807, 2.05) is 65.4 Å². The average Bonchev–Trinajstić information content (AvgIpc) is 3.30. The van der Waals surface area contributed by atoms with Crippen molar-refractivity contribution in [2.45, 2.75) is 19.4 Å². The van der Waals surface area contributed by atoms with Crippen LogP contribution in [0, 0.1) is 0 Å². The number of nitrogens with one attached hydrogen (secondary N) is 1. The molecule has 2 heterocycles. The molecule has 2 aromatic carbocycles. The number of halogens is 1. The van der Waals surface area contributed by atoms with E-state index in [0.717, 1.165) is 54.7 Å². The standard InChI is InChI=1S/C24H30ClN5O2/c1-18(31)27(2)23-11-12-30(17-23)22-9-5-20(6-10-22)26-24(32)29-15-13-28(14-16-29)21-7-3-19(25)4-8-21/h3-10,23H,11-17H2,1-2H3,(H,26,32). The van der Waals surface area contributed by atoms with Crippen LogP contribution < -0.4 is 15.1 Å². The first kappa shape index (κ1) is 22.3. The van der Waals surface area contributed by atoms with E-state index in [9.17, 15) is 9.59 Å². The maximum absolute atomic E-state index is 12.7. The normalized spacial score (nSPS) is 18.6. The number of likely N-dealkylation sites (N-methyl/N-ethyl adjacent to an activating group) is 1. The minimum atomic E-state index is -0.0715. The lowest BCUT2D eigenvalue weighted by molar-refractivity contribution is -0.129.